The maximum Gasteiger partial charge on any atom is 0.257 e. The Morgan fingerprint density at radius 3 is 2.58 bits per heavy atom. The van der Waals surface area contributed by atoms with E-state index in [4.69, 9.17) is 21.7 Å². The molecule has 0 atom stereocenters. The summed E-state index contributed by atoms with van der Waals surface area (Å²) in [6.45, 7) is 3.43. The number of anilines is 1. The molecule has 0 saturated heterocycles. The van der Waals surface area contributed by atoms with Crippen LogP contribution in [-0.2, 0) is 4.74 Å². The molecule has 0 radical (unpaired) electrons. The van der Waals surface area contributed by atoms with Crippen molar-refractivity contribution in [2.45, 2.75) is 45.1 Å². The van der Waals surface area contributed by atoms with Gasteiger partial charge >= 0.3 is 0 Å². The van der Waals surface area contributed by atoms with E-state index < -0.39 is 0 Å². The van der Waals surface area contributed by atoms with Crippen LogP contribution >= 0.6 is 12.2 Å². The van der Waals surface area contributed by atoms with Crippen molar-refractivity contribution in [2.75, 3.05) is 25.1 Å². The fourth-order valence-electron chi connectivity index (χ4n) is 3.72. The van der Waals surface area contributed by atoms with Crippen LogP contribution in [0.25, 0.3) is 0 Å². The summed E-state index contributed by atoms with van der Waals surface area (Å²) in [5.41, 5.74) is 1.45. The van der Waals surface area contributed by atoms with Crippen LogP contribution in [-0.4, -0.2) is 42.8 Å². The molecule has 1 aliphatic rings. The average Bonchev–Trinajstić information content (AvgIpc) is 2.83. The van der Waals surface area contributed by atoms with Gasteiger partial charge in [0.2, 0.25) is 0 Å². The van der Waals surface area contributed by atoms with E-state index in [9.17, 15) is 9.59 Å². The Kier molecular flexibility index (Phi) is 9.65. The molecule has 8 heteroatoms. The van der Waals surface area contributed by atoms with Gasteiger partial charge in [0.05, 0.1) is 17.9 Å². The number of thiocarbonyl (C=S) groups is 1. The number of carbonyl (C=O) groups is 2. The van der Waals surface area contributed by atoms with Crippen molar-refractivity contribution >= 4 is 34.8 Å². The first-order valence-corrected chi connectivity index (χ1v) is 11.8. The van der Waals surface area contributed by atoms with E-state index >= 15 is 0 Å². The van der Waals surface area contributed by atoms with E-state index in [1.54, 1.807) is 42.5 Å². The molecule has 0 heterocycles. The highest BCUT2D eigenvalue weighted by Crippen LogP contribution is 2.20. The second-order valence-electron chi connectivity index (χ2n) is 7.84. The van der Waals surface area contributed by atoms with Crippen molar-refractivity contribution in [3.05, 3.63) is 59.7 Å². The molecule has 3 N–H and O–H groups in total. The second kappa shape index (κ2) is 12.9. The molecule has 2 aromatic rings. The molecule has 0 bridgehead atoms. The maximum atomic E-state index is 12.8. The fraction of sp³-hybridized carbons (Fsp3) is 0.400. The third kappa shape index (κ3) is 7.83. The summed E-state index contributed by atoms with van der Waals surface area (Å²) in [5.74, 6) is 0.0638. The van der Waals surface area contributed by atoms with E-state index in [0.717, 1.165) is 25.7 Å². The Morgan fingerprint density at radius 2 is 1.79 bits per heavy atom. The number of nitrogens with one attached hydrogen (secondary N) is 3. The molecule has 0 aliphatic heterocycles. The zero-order chi connectivity index (χ0) is 23.5. The van der Waals surface area contributed by atoms with Crippen LogP contribution < -0.4 is 20.7 Å². The number of amides is 2. The van der Waals surface area contributed by atoms with Gasteiger partial charge in [0.1, 0.15) is 12.4 Å². The monoisotopic (exact) mass is 469 g/mol. The minimum absolute atomic E-state index is 0.112. The quantitative estimate of drug-likeness (QED) is 0.375. The number of carbonyl (C=O) groups excluding carboxylic acids is 2. The van der Waals surface area contributed by atoms with E-state index in [2.05, 4.69) is 16.0 Å². The van der Waals surface area contributed by atoms with Crippen LogP contribution in [0.2, 0.25) is 0 Å². The molecule has 2 aromatic carbocycles. The zero-order valence-corrected chi connectivity index (χ0v) is 19.7. The first kappa shape index (κ1) is 24.7. The molecule has 0 spiro atoms. The average molecular weight is 470 g/mol. The molecule has 0 aromatic heterocycles. The fourth-order valence-corrected chi connectivity index (χ4v) is 3.92. The Hall–Kier alpha value is -2.97. The molecule has 7 nitrogen and oxygen atoms in total. The van der Waals surface area contributed by atoms with Gasteiger partial charge in [-0.3, -0.25) is 14.9 Å². The van der Waals surface area contributed by atoms with E-state index in [1.807, 2.05) is 13.0 Å². The van der Waals surface area contributed by atoms with Crippen molar-refractivity contribution in [2.24, 2.45) is 0 Å². The highest BCUT2D eigenvalue weighted by molar-refractivity contribution is 7.80. The van der Waals surface area contributed by atoms with Crippen LogP contribution in [0.3, 0.4) is 0 Å². The molecule has 3 rings (SSSR count). The van der Waals surface area contributed by atoms with E-state index in [1.165, 1.54) is 6.42 Å². The van der Waals surface area contributed by atoms with E-state index in [0.29, 0.717) is 42.4 Å². The van der Waals surface area contributed by atoms with Gasteiger partial charge < -0.3 is 20.1 Å². The SMILES string of the molecule is CCOCCOc1cccc(C(=O)NC(=S)Nc2ccccc2C(=O)NC2CCCCC2)c1. The maximum absolute atomic E-state index is 12.8. The standard InChI is InChI=1S/C25H31N3O4S/c1-2-31-15-16-32-20-12-8-9-18(17-20)23(29)28-25(33)27-22-14-7-6-13-21(22)24(30)26-19-10-4-3-5-11-19/h6-9,12-14,17,19H,2-5,10-11,15-16H2,1H3,(H,26,30)(H2,27,28,29,33). The molecule has 2 amide bonds. The van der Waals surface area contributed by atoms with Crippen molar-refractivity contribution in [3.8, 4) is 5.75 Å². The molecule has 1 fully saturated rings. The minimum atomic E-state index is -0.369. The minimum Gasteiger partial charge on any atom is -0.491 e. The summed E-state index contributed by atoms with van der Waals surface area (Å²) in [4.78, 5) is 25.5. The van der Waals surface area contributed by atoms with Crippen LogP contribution in [0.1, 0.15) is 59.7 Å². The van der Waals surface area contributed by atoms with Crippen LogP contribution in [0.5, 0.6) is 5.75 Å². The first-order chi connectivity index (χ1) is 16.1. The molecule has 1 saturated carbocycles. The number of rotatable bonds is 9. The van der Waals surface area contributed by atoms with Crippen molar-refractivity contribution < 1.29 is 19.1 Å². The topological polar surface area (TPSA) is 88.7 Å². The first-order valence-electron chi connectivity index (χ1n) is 11.4. The lowest BCUT2D eigenvalue weighted by molar-refractivity contribution is 0.0927. The van der Waals surface area contributed by atoms with Gasteiger partial charge in [0.15, 0.2) is 5.11 Å². The molecule has 176 valence electrons. The summed E-state index contributed by atoms with van der Waals surface area (Å²) in [6.07, 6.45) is 5.51. The molecular formula is C25H31N3O4S. The van der Waals surface area contributed by atoms with Crippen LogP contribution in [0.4, 0.5) is 5.69 Å². The van der Waals surface area contributed by atoms with E-state index in [-0.39, 0.29) is 23.0 Å². The molecule has 1 aliphatic carbocycles. The predicted octanol–water partition coefficient (Wildman–Crippen LogP) is 4.29. The van der Waals surface area contributed by atoms with Crippen LogP contribution in [0.15, 0.2) is 48.5 Å². The Morgan fingerprint density at radius 1 is 1.00 bits per heavy atom. The van der Waals surface area contributed by atoms with Gasteiger partial charge in [0, 0.05) is 18.2 Å². The van der Waals surface area contributed by atoms with Crippen molar-refractivity contribution in [1.29, 1.82) is 0 Å². The molecule has 0 unspecified atom stereocenters. The summed E-state index contributed by atoms with van der Waals surface area (Å²) in [6, 6.07) is 14.2. The molecular weight excluding hydrogens is 438 g/mol. The van der Waals surface area contributed by atoms with Gasteiger partial charge in [-0.25, -0.2) is 0 Å². The Bertz CT molecular complexity index is 960. The van der Waals surface area contributed by atoms with Gasteiger partial charge in [0.25, 0.3) is 11.8 Å². The summed E-state index contributed by atoms with van der Waals surface area (Å²) in [5, 5.41) is 8.87. The predicted molar refractivity (Wildman–Crippen MR) is 133 cm³/mol. The van der Waals surface area contributed by atoms with Crippen molar-refractivity contribution in [3.63, 3.8) is 0 Å². The molecule has 33 heavy (non-hydrogen) atoms. The lowest BCUT2D eigenvalue weighted by Gasteiger charge is -2.23. The highest BCUT2D eigenvalue weighted by atomic mass is 32.1. The number of para-hydroxylation sites is 1. The lowest BCUT2D eigenvalue weighted by Crippen LogP contribution is -2.37. The summed E-state index contributed by atoms with van der Waals surface area (Å²) >= 11 is 5.33. The normalized spacial score (nSPS) is 13.7. The zero-order valence-electron chi connectivity index (χ0n) is 18.9. The Balaban J connectivity index is 1.57. The summed E-state index contributed by atoms with van der Waals surface area (Å²) < 4.78 is 10.9. The second-order valence-corrected chi connectivity index (χ2v) is 8.24. The number of benzene rings is 2. The number of hydrogen-bond acceptors (Lipinski definition) is 5. The van der Waals surface area contributed by atoms with Gasteiger partial charge in [-0.15, -0.1) is 0 Å². The van der Waals surface area contributed by atoms with Gasteiger partial charge in [-0.2, -0.15) is 0 Å². The third-order valence-electron chi connectivity index (χ3n) is 5.38. The van der Waals surface area contributed by atoms with Crippen molar-refractivity contribution in [1.82, 2.24) is 10.6 Å². The third-order valence-corrected chi connectivity index (χ3v) is 5.59. The number of ether oxygens (including phenoxy) is 2. The van der Waals surface area contributed by atoms with Crippen LogP contribution in [0, 0.1) is 0 Å². The largest absolute Gasteiger partial charge is 0.491 e. The van der Waals surface area contributed by atoms with Gasteiger partial charge in [-0.1, -0.05) is 37.5 Å². The van der Waals surface area contributed by atoms with Gasteiger partial charge in [-0.05, 0) is 62.3 Å². The highest BCUT2D eigenvalue weighted by Gasteiger charge is 2.19. The smallest absolute Gasteiger partial charge is 0.257 e. The Labute approximate surface area is 200 Å². The number of hydrogen-bond donors (Lipinski definition) is 3. The lowest BCUT2D eigenvalue weighted by atomic mass is 9.95. The summed E-state index contributed by atoms with van der Waals surface area (Å²) in [7, 11) is 0.